The van der Waals surface area contributed by atoms with Crippen molar-refractivity contribution in [2.24, 2.45) is 0 Å². The fourth-order valence-corrected chi connectivity index (χ4v) is 1.69. The molecule has 3 nitrogen and oxygen atoms in total. The third kappa shape index (κ3) is 2.53. The summed E-state index contributed by atoms with van der Waals surface area (Å²) < 4.78 is 5.73. The van der Waals surface area contributed by atoms with Gasteiger partial charge in [0.15, 0.2) is 5.82 Å². The van der Waals surface area contributed by atoms with Gasteiger partial charge in [0.1, 0.15) is 10.8 Å². The molecule has 0 aliphatic rings. The van der Waals surface area contributed by atoms with Crippen molar-refractivity contribution in [3.8, 4) is 0 Å². The molecule has 0 N–H and O–H groups in total. The van der Waals surface area contributed by atoms with Crippen molar-refractivity contribution < 1.29 is 4.74 Å². The van der Waals surface area contributed by atoms with Crippen molar-refractivity contribution in [1.82, 2.24) is 9.97 Å². The molecule has 0 aliphatic carbocycles. The largest absolute Gasteiger partial charge is 0.368 e. The molecular formula is C12H19ClN2O. The number of rotatable bonds is 4. The van der Waals surface area contributed by atoms with Crippen LogP contribution in [-0.2, 0) is 10.3 Å². The lowest BCUT2D eigenvalue weighted by atomic mass is 10.0. The van der Waals surface area contributed by atoms with Gasteiger partial charge in [0, 0.05) is 17.9 Å². The zero-order valence-corrected chi connectivity index (χ0v) is 11.4. The Labute approximate surface area is 102 Å². The van der Waals surface area contributed by atoms with E-state index in [0.717, 1.165) is 17.7 Å². The Kier molecular flexibility index (Phi) is 4.28. The Morgan fingerprint density at radius 3 is 2.31 bits per heavy atom. The molecule has 4 heteroatoms. The van der Waals surface area contributed by atoms with Crippen molar-refractivity contribution in [1.29, 1.82) is 0 Å². The van der Waals surface area contributed by atoms with Crippen LogP contribution in [0.3, 0.4) is 0 Å². The van der Waals surface area contributed by atoms with E-state index in [1.165, 1.54) is 0 Å². The van der Waals surface area contributed by atoms with E-state index >= 15 is 0 Å². The van der Waals surface area contributed by atoms with Crippen LogP contribution in [0.25, 0.3) is 0 Å². The van der Waals surface area contributed by atoms with Crippen LogP contribution in [0, 0.1) is 13.8 Å². The lowest BCUT2D eigenvalue weighted by molar-refractivity contribution is -0.0391. The Balaban J connectivity index is 3.21. The standard InChI is InChI=1S/C12H19ClN2O/c1-6-12(5,16-7-2)11-14-9(4)8(3)10(13)15-11/h6-7H2,1-5H3. The van der Waals surface area contributed by atoms with Crippen LogP contribution < -0.4 is 0 Å². The van der Waals surface area contributed by atoms with E-state index in [9.17, 15) is 0 Å². The predicted octanol–water partition coefficient (Wildman–Crippen LogP) is 3.41. The predicted molar refractivity (Wildman–Crippen MR) is 65.8 cm³/mol. The molecule has 0 aliphatic heterocycles. The summed E-state index contributed by atoms with van der Waals surface area (Å²) in [6.45, 7) is 10.5. The molecule has 0 radical (unpaired) electrons. The highest BCUT2D eigenvalue weighted by Gasteiger charge is 2.29. The summed E-state index contributed by atoms with van der Waals surface area (Å²) in [6.07, 6.45) is 0.819. The van der Waals surface area contributed by atoms with E-state index in [-0.39, 0.29) is 0 Å². The average molecular weight is 243 g/mol. The molecule has 0 amide bonds. The van der Waals surface area contributed by atoms with Gasteiger partial charge in [-0.05, 0) is 34.1 Å². The smallest absolute Gasteiger partial charge is 0.161 e. The van der Waals surface area contributed by atoms with Gasteiger partial charge in [-0.25, -0.2) is 9.97 Å². The first kappa shape index (κ1) is 13.4. The van der Waals surface area contributed by atoms with Gasteiger partial charge >= 0.3 is 0 Å². The Morgan fingerprint density at radius 1 is 1.25 bits per heavy atom. The molecule has 0 aromatic carbocycles. The minimum atomic E-state index is -0.448. The second-order valence-electron chi connectivity index (χ2n) is 4.07. The van der Waals surface area contributed by atoms with Crippen LogP contribution in [0.15, 0.2) is 0 Å². The molecule has 1 aromatic heterocycles. The maximum Gasteiger partial charge on any atom is 0.161 e. The molecule has 0 bridgehead atoms. The monoisotopic (exact) mass is 242 g/mol. The Bertz CT molecular complexity index is 358. The first-order valence-corrected chi connectivity index (χ1v) is 5.97. The fraction of sp³-hybridized carbons (Fsp3) is 0.667. The lowest BCUT2D eigenvalue weighted by Crippen LogP contribution is -2.28. The molecule has 1 unspecified atom stereocenters. The molecule has 0 saturated heterocycles. The highest BCUT2D eigenvalue weighted by atomic mass is 35.5. The molecule has 1 heterocycles. The van der Waals surface area contributed by atoms with Crippen LogP contribution in [0.5, 0.6) is 0 Å². The summed E-state index contributed by atoms with van der Waals surface area (Å²) in [6, 6.07) is 0. The number of aryl methyl sites for hydroxylation is 1. The lowest BCUT2D eigenvalue weighted by Gasteiger charge is -2.27. The SMILES string of the molecule is CCOC(C)(CC)c1nc(C)c(C)c(Cl)n1. The highest BCUT2D eigenvalue weighted by molar-refractivity contribution is 6.30. The van der Waals surface area contributed by atoms with E-state index in [2.05, 4.69) is 16.9 Å². The van der Waals surface area contributed by atoms with Gasteiger partial charge < -0.3 is 4.74 Å². The molecule has 16 heavy (non-hydrogen) atoms. The zero-order chi connectivity index (χ0) is 12.3. The number of hydrogen-bond donors (Lipinski definition) is 0. The van der Waals surface area contributed by atoms with Crippen LogP contribution >= 0.6 is 11.6 Å². The molecule has 1 aromatic rings. The third-order valence-electron chi connectivity index (χ3n) is 2.94. The maximum atomic E-state index is 6.08. The number of hydrogen-bond acceptors (Lipinski definition) is 3. The van der Waals surface area contributed by atoms with Gasteiger partial charge in [0.05, 0.1) is 0 Å². The van der Waals surface area contributed by atoms with Gasteiger partial charge in [-0.2, -0.15) is 0 Å². The normalized spacial score (nSPS) is 14.9. The molecule has 1 rings (SSSR count). The van der Waals surface area contributed by atoms with Crippen LogP contribution in [-0.4, -0.2) is 16.6 Å². The molecule has 0 fully saturated rings. The van der Waals surface area contributed by atoms with Gasteiger partial charge in [-0.15, -0.1) is 0 Å². The van der Waals surface area contributed by atoms with Crippen molar-refractivity contribution in [2.45, 2.75) is 46.6 Å². The highest BCUT2D eigenvalue weighted by Crippen LogP contribution is 2.28. The minimum Gasteiger partial charge on any atom is -0.368 e. The van der Waals surface area contributed by atoms with Crippen molar-refractivity contribution in [2.75, 3.05) is 6.61 Å². The quantitative estimate of drug-likeness (QED) is 0.759. The molecule has 1 atom stereocenters. The van der Waals surface area contributed by atoms with E-state index < -0.39 is 5.60 Å². The summed E-state index contributed by atoms with van der Waals surface area (Å²) in [7, 11) is 0. The van der Waals surface area contributed by atoms with Crippen LogP contribution in [0.2, 0.25) is 5.15 Å². The average Bonchev–Trinajstić information content (AvgIpc) is 2.25. The Hall–Kier alpha value is -0.670. The van der Waals surface area contributed by atoms with Gasteiger partial charge in [-0.3, -0.25) is 0 Å². The van der Waals surface area contributed by atoms with Crippen molar-refractivity contribution >= 4 is 11.6 Å². The van der Waals surface area contributed by atoms with E-state index in [4.69, 9.17) is 16.3 Å². The number of halogens is 1. The van der Waals surface area contributed by atoms with Gasteiger partial charge in [-0.1, -0.05) is 18.5 Å². The summed E-state index contributed by atoms with van der Waals surface area (Å²) in [5, 5.41) is 0.516. The summed E-state index contributed by atoms with van der Waals surface area (Å²) in [4.78, 5) is 8.80. The molecule has 0 spiro atoms. The maximum absolute atomic E-state index is 6.08. The van der Waals surface area contributed by atoms with Crippen molar-refractivity contribution in [3.05, 3.63) is 22.2 Å². The second kappa shape index (κ2) is 5.11. The Morgan fingerprint density at radius 2 is 1.88 bits per heavy atom. The minimum absolute atomic E-state index is 0.448. The number of aromatic nitrogens is 2. The zero-order valence-electron chi connectivity index (χ0n) is 10.6. The topological polar surface area (TPSA) is 35.0 Å². The summed E-state index contributed by atoms with van der Waals surface area (Å²) in [5.74, 6) is 0.671. The first-order chi connectivity index (χ1) is 7.44. The van der Waals surface area contributed by atoms with Gasteiger partial charge in [0.2, 0.25) is 0 Å². The second-order valence-corrected chi connectivity index (χ2v) is 4.42. The van der Waals surface area contributed by atoms with E-state index in [1.807, 2.05) is 27.7 Å². The third-order valence-corrected chi connectivity index (χ3v) is 3.31. The summed E-state index contributed by atoms with van der Waals surface area (Å²) >= 11 is 6.08. The van der Waals surface area contributed by atoms with E-state index in [1.54, 1.807) is 0 Å². The van der Waals surface area contributed by atoms with Crippen LogP contribution in [0.4, 0.5) is 0 Å². The molecular weight excluding hydrogens is 224 g/mol. The molecule has 0 saturated carbocycles. The number of ether oxygens (including phenoxy) is 1. The molecule has 90 valence electrons. The van der Waals surface area contributed by atoms with Crippen molar-refractivity contribution in [3.63, 3.8) is 0 Å². The summed E-state index contributed by atoms with van der Waals surface area (Å²) in [5.41, 5.74) is 1.39. The number of nitrogens with zero attached hydrogens (tertiary/aromatic N) is 2. The van der Waals surface area contributed by atoms with Crippen LogP contribution in [0.1, 0.15) is 44.3 Å². The fourth-order valence-electron chi connectivity index (χ4n) is 1.47. The first-order valence-electron chi connectivity index (χ1n) is 5.59. The van der Waals surface area contributed by atoms with E-state index in [0.29, 0.717) is 17.6 Å². The van der Waals surface area contributed by atoms with Gasteiger partial charge in [0.25, 0.3) is 0 Å².